The molecule has 0 saturated heterocycles. The fourth-order valence-corrected chi connectivity index (χ4v) is 3.00. The lowest BCUT2D eigenvalue weighted by molar-refractivity contribution is -0.0119. The standard InChI is InChI=1S/C16H21FN2O/c1-12-3-2-6-16(20,8-12)11-19-10-13-4-5-15(17)14(7-13)9-18/h4-5,7,12,19-20H,2-3,6,8,10-11H2,1H3. The molecule has 2 rings (SSSR count). The lowest BCUT2D eigenvalue weighted by Crippen LogP contribution is -2.43. The van der Waals surface area contributed by atoms with Crippen LogP contribution in [0.5, 0.6) is 0 Å². The summed E-state index contributed by atoms with van der Waals surface area (Å²) in [7, 11) is 0. The highest BCUT2D eigenvalue weighted by Crippen LogP contribution is 2.31. The molecular formula is C16H21FN2O. The van der Waals surface area contributed by atoms with Gasteiger partial charge in [-0.05, 0) is 36.5 Å². The van der Waals surface area contributed by atoms with E-state index in [2.05, 4.69) is 12.2 Å². The highest BCUT2D eigenvalue weighted by molar-refractivity contribution is 5.34. The van der Waals surface area contributed by atoms with Crippen molar-refractivity contribution in [3.8, 4) is 6.07 Å². The topological polar surface area (TPSA) is 56.0 Å². The third-order valence-corrected chi connectivity index (χ3v) is 4.00. The minimum Gasteiger partial charge on any atom is -0.389 e. The second-order valence-electron chi connectivity index (χ2n) is 5.96. The summed E-state index contributed by atoms with van der Waals surface area (Å²) in [6, 6.07) is 6.36. The van der Waals surface area contributed by atoms with Gasteiger partial charge in [-0.1, -0.05) is 25.8 Å². The van der Waals surface area contributed by atoms with Crippen LogP contribution in [0, 0.1) is 23.1 Å². The van der Waals surface area contributed by atoms with Gasteiger partial charge in [0.05, 0.1) is 11.2 Å². The Morgan fingerprint density at radius 3 is 3.05 bits per heavy atom. The molecule has 0 amide bonds. The maximum atomic E-state index is 13.2. The number of benzene rings is 1. The Hall–Kier alpha value is -1.44. The number of nitriles is 1. The van der Waals surface area contributed by atoms with Crippen molar-refractivity contribution in [3.63, 3.8) is 0 Å². The second kappa shape index (κ2) is 6.34. The smallest absolute Gasteiger partial charge is 0.140 e. The van der Waals surface area contributed by atoms with E-state index < -0.39 is 11.4 Å². The predicted molar refractivity (Wildman–Crippen MR) is 75.4 cm³/mol. The summed E-state index contributed by atoms with van der Waals surface area (Å²) < 4.78 is 13.2. The van der Waals surface area contributed by atoms with E-state index in [1.807, 2.05) is 6.07 Å². The fraction of sp³-hybridized carbons (Fsp3) is 0.562. The zero-order valence-electron chi connectivity index (χ0n) is 11.8. The Bertz CT molecular complexity index is 512. The SMILES string of the molecule is CC1CCCC(O)(CNCc2ccc(F)c(C#N)c2)C1. The van der Waals surface area contributed by atoms with Crippen LogP contribution in [-0.4, -0.2) is 17.3 Å². The van der Waals surface area contributed by atoms with Gasteiger partial charge in [0, 0.05) is 13.1 Å². The van der Waals surface area contributed by atoms with Crippen LogP contribution in [-0.2, 0) is 6.54 Å². The number of nitrogens with one attached hydrogen (secondary N) is 1. The van der Waals surface area contributed by atoms with Gasteiger partial charge in [0.1, 0.15) is 11.9 Å². The Balaban J connectivity index is 1.88. The summed E-state index contributed by atoms with van der Waals surface area (Å²) in [5, 5.41) is 22.5. The quantitative estimate of drug-likeness (QED) is 0.889. The van der Waals surface area contributed by atoms with Gasteiger partial charge in [0.2, 0.25) is 0 Å². The van der Waals surface area contributed by atoms with Gasteiger partial charge in [-0.15, -0.1) is 0 Å². The molecule has 20 heavy (non-hydrogen) atoms. The van der Waals surface area contributed by atoms with Crippen LogP contribution in [0.1, 0.15) is 43.7 Å². The number of rotatable bonds is 4. The molecule has 1 aliphatic carbocycles. The Morgan fingerprint density at radius 2 is 2.35 bits per heavy atom. The molecule has 108 valence electrons. The van der Waals surface area contributed by atoms with Gasteiger partial charge in [-0.2, -0.15) is 5.26 Å². The highest BCUT2D eigenvalue weighted by atomic mass is 19.1. The molecule has 1 aromatic carbocycles. The van der Waals surface area contributed by atoms with Crippen LogP contribution in [0.4, 0.5) is 4.39 Å². The Labute approximate surface area is 119 Å². The lowest BCUT2D eigenvalue weighted by atomic mass is 9.79. The second-order valence-corrected chi connectivity index (χ2v) is 5.96. The van der Waals surface area contributed by atoms with Crippen molar-refractivity contribution < 1.29 is 9.50 Å². The molecule has 2 unspecified atom stereocenters. The van der Waals surface area contributed by atoms with Crippen LogP contribution < -0.4 is 5.32 Å². The molecule has 1 aliphatic rings. The molecular weight excluding hydrogens is 255 g/mol. The summed E-state index contributed by atoms with van der Waals surface area (Å²) in [5.41, 5.74) is 0.292. The average Bonchev–Trinajstić information content (AvgIpc) is 2.40. The third kappa shape index (κ3) is 3.78. The summed E-state index contributed by atoms with van der Waals surface area (Å²) in [4.78, 5) is 0. The zero-order chi connectivity index (χ0) is 14.6. The normalized spacial score (nSPS) is 26.2. The van der Waals surface area contributed by atoms with Crippen molar-refractivity contribution in [3.05, 3.63) is 35.1 Å². The van der Waals surface area contributed by atoms with Crippen molar-refractivity contribution in [2.75, 3.05) is 6.54 Å². The van der Waals surface area contributed by atoms with Crippen molar-refractivity contribution in [1.82, 2.24) is 5.32 Å². The van der Waals surface area contributed by atoms with Crippen LogP contribution in [0.3, 0.4) is 0 Å². The summed E-state index contributed by atoms with van der Waals surface area (Å²) in [5.74, 6) is 0.0718. The van der Waals surface area contributed by atoms with Gasteiger partial charge in [0.15, 0.2) is 0 Å². The number of nitrogens with zero attached hydrogens (tertiary/aromatic N) is 1. The van der Waals surface area contributed by atoms with E-state index in [4.69, 9.17) is 5.26 Å². The Kier molecular flexibility index (Phi) is 4.74. The van der Waals surface area contributed by atoms with Gasteiger partial charge in [0.25, 0.3) is 0 Å². The average molecular weight is 276 g/mol. The first-order valence-electron chi connectivity index (χ1n) is 7.14. The van der Waals surface area contributed by atoms with Crippen LogP contribution in [0.25, 0.3) is 0 Å². The maximum absolute atomic E-state index is 13.2. The van der Waals surface area contributed by atoms with Crippen LogP contribution in [0.15, 0.2) is 18.2 Å². The molecule has 0 radical (unpaired) electrons. The number of hydrogen-bond acceptors (Lipinski definition) is 3. The molecule has 3 nitrogen and oxygen atoms in total. The highest BCUT2D eigenvalue weighted by Gasteiger charge is 2.31. The van der Waals surface area contributed by atoms with E-state index in [1.54, 1.807) is 12.1 Å². The van der Waals surface area contributed by atoms with E-state index >= 15 is 0 Å². The van der Waals surface area contributed by atoms with Gasteiger partial charge in [-0.25, -0.2) is 4.39 Å². The maximum Gasteiger partial charge on any atom is 0.140 e. The molecule has 2 N–H and O–H groups in total. The zero-order valence-corrected chi connectivity index (χ0v) is 11.8. The van der Waals surface area contributed by atoms with Gasteiger partial charge >= 0.3 is 0 Å². The lowest BCUT2D eigenvalue weighted by Gasteiger charge is -2.35. The third-order valence-electron chi connectivity index (χ3n) is 4.00. The van der Waals surface area contributed by atoms with Crippen molar-refractivity contribution >= 4 is 0 Å². The molecule has 0 spiro atoms. The molecule has 1 fully saturated rings. The van der Waals surface area contributed by atoms with Crippen LogP contribution >= 0.6 is 0 Å². The molecule has 4 heteroatoms. The van der Waals surface area contributed by atoms with E-state index in [0.29, 0.717) is 19.0 Å². The van der Waals surface area contributed by atoms with E-state index in [0.717, 1.165) is 24.8 Å². The number of halogens is 1. The Morgan fingerprint density at radius 1 is 1.55 bits per heavy atom. The molecule has 0 aliphatic heterocycles. The summed E-state index contributed by atoms with van der Waals surface area (Å²) in [6.45, 7) is 3.24. The van der Waals surface area contributed by atoms with Gasteiger partial charge in [-0.3, -0.25) is 0 Å². The van der Waals surface area contributed by atoms with Crippen molar-refractivity contribution in [2.45, 2.75) is 44.8 Å². The molecule has 0 bridgehead atoms. The predicted octanol–water partition coefficient (Wildman–Crippen LogP) is 2.73. The van der Waals surface area contributed by atoms with Crippen LogP contribution in [0.2, 0.25) is 0 Å². The molecule has 0 heterocycles. The molecule has 2 atom stereocenters. The molecule has 1 aromatic rings. The summed E-state index contributed by atoms with van der Waals surface area (Å²) >= 11 is 0. The first-order chi connectivity index (χ1) is 9.52. The first kappa shape index (κ1) is 15.0. The van der Waals surface area contributed by atoms with Crippen molar-refractivity contribution in [2.24, 2.45) is 5.92 Å². The minimum atomic E-state index is -0.629. The van der Waals surface area contributed by atoms with Crippen molar-refractivity contribution in [1.29, 1.82) is 5.26 Å². The van der Waals surface area contributed by atoms with Gasteiger partial charge < -0.3 is 10.4 Å². The van der Waals surface area contributed by atoms with E-state index in [-0.39, 0.29) is 5.56 Å². The van der Waals surface area contributed by atoms with E-state index in [9.17, 15) is 9.50 Å². The number of aliphatic hydroxyl groups is 1. The summed E-state index contributed by atoms with van der Waals surface area (Å²) in [6.07, 6.45) is 3.91. The van der Waals surface area contributed by atoms with E-state index in [1.165, 1.54) is 12.5 Å². The monoisotopic (exact) mass is 276 g/mol. The largest absolute Gasteiger partial charge is 0.389 e. The fourth-order valence-electron chi connectivity index (χ4n) is 3.00. The minimum absolute atomic E-state index is 0.0642. The molecule has 0 aromatic heterocycles. The molecule has 1 saturated carbocycles. The first-order valence-corrected chi connectivity index (χ1v) is 7.14. The number of hydrogen-bond donors (Lipinski definition) is 2.